The molecule has 0 aliphatic rings. The molecule has 0 radical (unpaired) electrons. The third kappa shape index (κ3) is 3.61. The molecule has 0 amide bonds. The number of nitrogen functional groups attached to an aromatic ring is 1. The molecular formula is C10H17N3O2. The molecule has 1 unspecified atom stereocenters. The number of carbonyl (C=O) groups excluding carboxylic acids is 1. The first-order chi connectivity index (χ1) is 6.99. The van der Waals surface area contributed by atoms with Gasteiger partial charge in [-0.1, -0.05) is 13.8 Å². The molecule has 1 aromatic heterocycles. The average Bonchev–Trinajstić information content (AvgIpc) is 2.49. The second-order valence-electron chi connectivity index (χ2n) is 4.05. The fraction of sp³-hybridized carbons (Fsp3) is 0.600. The molecule has 5 heteroatoms. The Labute approximate surface area is 89.0 Å². The van der Waals surface area contributed by atoms with Crippen molar-refractivity contribution in [3.8, 4) is 0 Å². The first-order valence-corrected chi connectivity index (χ1v) is 5.01. The summed E-state index contributed by atoms with van der Waals surface area (Å²) in [6.07, 6.45) is 0.747. The number of anilines is 1. The first-order valence-electron chi connectivity index (χ1n) is 5.01. The van der Waals surface area contributed by atoms with Crippen molar-refractivity contribution in [3.63, 3.8) is 0 Å². The number of H-pyrrole nitrogens is 1. The van der Waals surface area contributed by atoms with Gasteiger partial charge in [0.25, 0.3) is 0 Å². The molecule has 0 fully saturated rings. The molecule has 1 aromatic rings. The van der Waals surface area contributed by atoms with Gasteiger partial charge in [0, 0.05) is 6.07 Å². The molecule has 84 valence electrons. The van der Waals surface area contributed by atoms with E-state index in [1.54, 1.807) is 0 Å². The lowest BCUT2D eigenvalue weighted by Gasteiger charge is -2.14. The van der Waals surface area contributed by atoms with Crippen molar-refractivity contribution in [3.05, 3.63) is 11.8 Å². The number of esters is 1. The van der Waals surface area contributed by atoms with Crippen LogP contribution in [0.25, 0.3) is 0 Å². The number of nitrogens with one attached hydrogen (secondary N) is 1. The molecule has 5 nitrogen and oxygen atoms in total. The van der Waals surface area contributed by atoms with Crippen LogP contribution in [0.1, 0.15) is 37.7 Å². The Kier molecular flexibility index (Phi) is 3.71. The van der Waals surface area contributed by atoms with Gasteiger partial charge in [0.05, 0.1) is 6.10 Å². The van der Waals surface area contributed by atoms with E-state index in [2.05, 4.69) is 24.0 Å². The van der Waals surface area contributed by atoms with E-state index in [1.807, 2.05) is 6.92 Å². The van der Waals surface area contributed by atoms with Crippen LogP contribution in [0.15, 0.2) is 6.07 Å². The van der Waals surface area contributed by atoms with Gasteiger partial charge < -0.3 is 10.5 Å². The van der Waals surface area contributed by atoms with E-state index in [0.717, 1.165) is 6.42 Å². The van der Waals surface area contributed by atoms with Crippen molar-refractivity contribution < 1.29 is 9.53 Å². The molecule has 1 atom stereocenters. The van der Waals surface area contributed by atoms with E-state index in [1.165, 1.54) is 6.07 Å². The van der Waals surface area contributed by atoms with E-state index in [4.69, 9.17) is 10.5 Å². The summed E-state index contributed by atoms with van der Waals surface area (Å²) in [5.41, 5.74) is 5.67. The van der Waals surface area contributed by atoms with Crippen molar-refractivity contribution in [2.45, 2.75) is 33.3 Å². The van der Waals surface area contributed by atoms with Crippen LogP contribution in [-0.4, -0.2) is 22.3 Å². The van der Waals surface area contributed by atoms with Crippen molar-refractivity contribution in [1.29, 1.82) is 0 Å². The highest BCUT2D eigenvalue weighted by Crippen LogP contribution is 2.10. The molecule has 3 N–H and O–H groups in total. The van der Waals surface area contributed by atoms with Crippen molar-refractivity contribution in [2.75, 3.05) is 5.73 Å². The van der Waals surface area contributed by atoms with Crippen molar-refractivity contribution in [1.82, 2.24) is 10.2 Å². The summed E-state index contributed by atoms with van der Waals surface area (Å²) in [4.78, 5) is 11.5. The Hall–Kier alpha value is -1.52. The lowest BCUT2D eigenvalue weighted by molar-refractivity contribution is 0.0293. The zero-order chi connectivity index (χ0) is 11.4. The Bertz CT molecular complexity index is 333. The minimum Gasteiger partial charge on any atom is -0.458 e. The van der Waals surface area contributed by atoms with Gasteiger partial charge in [0.1, 0.15) is 11.5 Å². The molecule has 15 heavy (non-hydrogen) atoms. The smallest absolute Gasteiger partial charge is 0.356 e. The fourth-order valence-corrected chi connectivity index (χ4v) is 1.40. The van der Waals surface area contributed by atoms with Gasteiger partial charge in [-0.3, -0.25) is 5.10 Å². The standard InChI is InChI=1S/C10H17N3O2/c1-6(2)4-7(3)15-10(14)8-5-9(11)13-12-8/h5-7H,4H2,1-3H3,(H3,11,12,13). The van der Waals surface area contributed by atoms with Crippen molar-refractivity contribution in [2.24, 2.45) is 5.92 Å². The summed E-state index contributed by atoms with van der Waals surface area (Å²) in [6.45, 7) is 6.04. The average molecular weight is 211 g/mol. The predicted molar refractivity (Wildman–Crippen MR) is 57.3 cm³/mol. The van der Waals surface area contributed by atoms with Gasteiger partial charge in [0.2, 0.25) is 0 Å². The summed E-state index contributed by atoms with van der Waals surface area (Å²) in [7, 11) is 0. The Morgan fingerprint density at radius 2 is 2.27 bits per heavy atom. The van der Waals surface area contributed by atoms with Crippen LogP contribution in [0, 0.1) is 5.92 Å². The maximum atomic E-state index is 11.5. The molecule has 0 aromatic carbocycles. The fourth-order valence-electron chi connectivity index (χ4n) is 1.40. The number of nitrogens with zero attached hydrogens (tertiary/aromatic N) is 1. The van der Waals surface area contributed by atoms with Crippen LogP contribution in [-0.2, 0) is 4.74 Å². The molecular weight excluding hydrogens is 194 g/mol. The van der Waals surface area contributed by atoms with Gasteiger partial charge in [-0.25, -0.2) is 4.79 Å². The van der Waals surface area contributed by atoms with Crippen LogP contribution in [0.4, 0.5) is 5.82 Å². The highest BCUT2D eigenvalue weighted by Gasteiger charge is 2.14. The third-order valence-corrected chi connectivity index (χ3v) is 1.93. The molecule has 0 spiro atoms. The van der Waals surface area contributed by atoms with Crippen molar-refractivity contribution >= 4 is 11.8 Å². The largest absolute Gasteiger partial charge is 0.458 e. The highest BCUT2D eigenvalue weighted by atomic mass is 16.5. The van der Waals surface area contributed by atoms with Gasteiger partial charge in [0.15, 0.2) is 0 Å². The number of hydrogen-bond donors (Lipinski definition) is 2. The normalized spacial score (nSPS) is 12.8. The monoisotopic (exact) mass is 211 g/mol. The Morgan fingerprint density at radius 3 is 2.73 bits per heavy atom. The number of aromatic amines is 1. The van der Waals surface area contributed by atoms with E-state index in [9.17, 15) is 4.79 Å². The number of ether oxygens (including phenoxy) is 1. The lowest BCUT2D eigenvalue weighted by atomic mass is 10.1. The van der Waals surface area contributed by atoms with Crippen LogP contribution >= 0.6 is 0 Å². The number of nitrogens with two attached hydrogens (primary N) is 1. The van der Waals surface area contributed by atoms with Gasteiger partial charge in [-0.15, -0.1) is 0 Å². The molecule has 0 saturated carbocycles. The minimum absolute atomic E-state index is 0.0953. The van der Waals surface area contributed by atoms with Crippen LogP contribution in [0.5, 0.6) is 0 Å². The second kappa shape index (κ2) is 4.82. The molecule has 0 saturated heterocycles. The molecule has 1 rings (SSSR count). The summed E-state index contributed by atoms with van der Waals surface area (Å²) in [6, 6.07) is 1.46. The first kappa shape index (κ1) is 11.6. The van der Waals surface area contributed by atoms with E-state index in [-0.39, 0.29) is 6.10 Å². The predicted octanol–water partition coefficient (Wildman–Crippen LogP) is 1.58. The molecule has 0 bridgehead atoms. The Balaban J connectivity index is 2.49. The van der Waals surface area contributed by atoms with Gasteiger partial charge >= 0.3 is 5.97 Å². The van der Waals surface area contributed by atoms with Crippen LogP contribution < -0.4 is 5.73 Å². The van der Waals surface area contributed by atoms with Gasteiger partial charge in [-0.2, -0.15) is 5.10 Å². The SMILES string of the molecule is CC(C)CC(C)OC(=O)c1cc(N)n[nH]1. The molecule has 0 aliphatic heterocycles. The number of rotatable bonds is 4. The number of aromatic nitrogens is 2. The molecule has 1 heterocycles. The summed E-state index contributed by atoms with van der Waals surface area (Å²) in [5, 5.41) is 6.17. The Morgan fingerprint density at radius 1 is 1.60 bits per heavy atom. The van der Waals surface area contributed by atoms with E-state index in [0.29, 0.717) is 17.4 Å². The number of carbonyl (C=O) groups is 1. The zero-order valence-electron chi connectivity index (χ0n) is 9.28. The lowest BCUT2D eigenvalue weighted by Crippen LogP contribution is -2.17. The summed E-state index contributed by atoms with van der Waals surface area (Å²) >= 11 is 0. The third-order valence-electron chi connectivity index (χ3n) is 1.93. The zero-order valence-corrected chi connectivity index (χ0v) is 9.28. The van der Waals surface area contributed by atoms with Crippen LogP contribution in [0.2, 0.25) is 0 Å². The molecule has 0 aliphatic carbocycles. The number of hydrogen-bond acceptors (Lipinski definition) is 4. The van der Waals surface area contributed by atoms with E-state index >= 15 is 0 Å². The topological polar surface area (TPSA) is 81.0 Å². The van der Waals surface area contributed by atoms with Crippen LogP contribution in [0.3, 0.4) is 0 Å². The second-order valence-corrected chi connectivity index (χ2v) is 4.05. The maximum absolute atomic E-state index is 11.5. The summed E-state index contributed by atoms with van der Waals surface area (Å²) < 4.78 is 5.19. The maximum Gasteiger partial charge on any atom is 0.356 e. The highest BCUT2D eigenvalue weighted by molar-refractivity contribution is 5.88. The van der Waals surface area contributed by atoms with E-state index < -0.39 is 5.97 Å². The summed E-state index contributed by atoms with van der Waals surface area (Å²) in [5.74, 6) is 0.380. The van der Waals surface area contributed by atoms with Gasteiger partial charge in [-0.05, 0) is 19.3 Å². The quantitative estimate of drug-likeness (QED) is 0.741. The minimum atomic E-state index is -0.410.